The van der Waals surface area contributed by atoms with E-state index >= 15 is 0 Å². The number of carbonyl (C=O) groups excluding carboxylic acids is 4. The lowest BCUT2D eigenvalue weighted by Gasteiger charge is -2.27. The van der Waals surface area contributed by atoms with Crippen molar-refractivity contribution < 1.29 is 38.1 Å². The predicted octanol–water partition coefficient (Wildman–Crippen LogP) is 1.71. The van der Waals surface area contributed by atoms with Crippen LogP contribution in [0.25, 0.3) is 11.4 Å². The molecule has 1 atom stereocenters. The van der Waals surface area contributed by atoms with Gasteiger partial charge in [-0.1, -0.05) is 30.3 Å². The number of aromatic nitrogens is 2. The predicted molar refractivity (Wildman–Crippen MR) is 145 cm³/mol. The number of nitrogens with one attached hydrogen (secondary N) is 2. The van der Waals surface area contributed by atoms with Crippen molar-refractivity contribution in [3.63, 3.8) is 0 Å². The Morgan fingerprint density at radius 2 is 1.83 bits per heavy atom. The summed E-state index contributed by atoms with van der Waals surface area (Å²) >= 11 is 0. The highest BCUT2D eigenvalue weighted by atomic mass is 16.6. The third kappa shape index (κ3) is 8.95. The van der Waals surface area contributed by atoms with Crippen LogP contribution in [0, 0.1) is 0 Å². The van der Waals surface area contributed by atoms with Gasteiger partial charge in [0.25, 0.3) is 5.91 Å². The van der Waals surface area contributed by atoms with Crippen LogP contribution in [0.2, 0.25) is 0 Å². The lowest BCUT2D eigenvalue weighted by atomic mass is 10.1. The molecule has 220 valence electrons. The topological polar surface area (TPSA) is 158 Å². The largest absolute Gasteiger partial charge is 0.474 e. The van der Waals surface area contributed by atoms with Gasteiger partial charge in [0.05, 0.1) is 19.8 Å². The van der Waals surface area contributed by atoms with Gasteiger partial charge in [-0.3, -0.25) is 9.59 Å². The molecule has 1 aromatic heterocycles. The van der Waals surface area contributed by atoms with E-state index in [1.807, 2.05) is 18.2 Å². The Hall–Kier alpha value is -4.10. The maximum Gasteiger partial charge on any atom is 0.417 e. The van der Waals surface area contributed by atoms with Gasteiger partial charge in [0.15, 0.2) is 5.82 Å². The minimum absolute atomic E-state index is 0.0525. The molecule has 41 heavy (non-hydrogen) atoms. The summed E-state index contributed by atoms with van der Waals surface area (Å²) < 4.78 is 21.5. The Kier molecular flexibility index (Phi) is 11.0. The molecular weight excluding hydrogens is 534 g/mol. The normalized spacial score (nSPS) is 16.4. The molecule has 3 heterocycles. The first-order valence-electron chi connectivity index (χ1n) is 13.8. The fourth-order valence-corrected chi connectivity index (χ4v) is 4.33. The Morgan fingerprint density at radius 3 is 2.54 bits per heavy atom. The summed E-state index contributed by atoms with van der Waals surface area (Å²) in [4.78, 5) is 61.4. The van der Waals surface area contributed by atoms with Gasteiger partial charge in [-0.05, 0) is 13.3 Å². The van der Waals surface area contributed by atoms with Gasteiger partial charge in [0, 0.05) is 57.1 Å². The maximum absolute atomic E-state index is 13.4. The van der Waals surface area contributed by atoms with E-state index in [0.717, 1.165) is 0 Å². The quantitative estimate of drug-likeness (QED) is 0.317. The smallest absolute Gasteiger partial charge is 0.417 e. The van der Waals surface area contributed by atoms with Crippen LogP contribution in [0.15, 0.2) is 36.4 Å². The highest BCUT2D eigenvalue weighted by Gasteiger charge is 2.30. The Labute approximate surface area is 237 Å². The highest BCUT2D eigenvalue weighted by molar-refractivity contribution is 5.97. The molecule has 2 N–H and O–H groups in total. The van der Waals surface area contributed by atoms with Crippen LogP contribution in [-0.4, -0.2) is 97.0 Å². The van der Waals surface area contributed by atoms with Gasteiger partial charge in [-0.15, -0.1) is 0 Å². The van der Waals surface area contributed by atoms with Crippen molar-refractivity contribution in [2.45, 2.75) is 44.8 Å². The molecule has 1 unspecified atom stereocenters. The Balaban J connectivity index is 1.54. The number of nitrogens with zero attached hydrogens (tertiary/aromatic N) is 3. The molecule has 0 radical (unpaired) electrons. The Morgan fingerprint density at radius 1 is 1.10 bits per heavy atom. The molecule has 4 rings (SSSR count). The fraction of sp³-hybridized carbons (Fsp3) is 0.500. The molecule has 13 nitrogen and oxygen atoms in total. The third-order valence-electron chi connectivity index (χ3n) is 6.52. The number of hydrogen-bond acceptors (Lipinski definition) is 11. The molecule has 2 aliphatic rings. The zero-order valence-corrected chi connectivity index (χ0v) is 23.0. The molecule has 0 bridgehead atoms. The molecule has 2 amide bonds. The molecular formula is C28H35N5O8. The lowest BCUT2D eigenvalue weighted by Crippen LogP contribution is -2.49. The van der Waals surface area contributed by atoms with E-state index in [1.54, 1.807) is 19.1 Å². The second-order valence-corrected chi connectivity index (χ2v) is 9.50. The van der Waals surface area contributed by atoms with Crippen LogP contribution >= 0.6 is 0 Å². The zero-order valence-electron chi connectivity index (χ0n) is 23.0. The summed E-state index contributed by atoms with van der Waals surface area (Å²) in [6.45, 7) is 4.86. The minimum atomic E-state index is -1.31. The van der Waals surface area contributed by atoms with Gasteiger partial charge < -0.3 is 34.5 Å². The first-order valence-corrected chi connectivity index (χ1v) is 13.8. The standard InChI is InChI=1S/C28H35N5O8/c1-2-39-24(34)9-8-21(27(36)41-28(37)33-14-12-29-13-15-33)31-26(35)22-18-23(40-20-10-16-38-17-11-20)32-25(30-22)19-6-4-3-5-7-19/h3-7,18,20-21,29H,2,8-17H2,1H3,(H,31,35). The minimum Gasteiger partial charge on any atom is -0.474 e. The summed E-state index contributed by atoms with van der Waals surface area (Å²) in [6.07, 6.45) is 0.0889. The van der Waals surface area contributed by atoms with Crippen LogP contribution in [-0.2, 0) is 23.8 Å². The number of esters is 2. The highest BCUT2D eigenvalue weighted by Crippen LogP contribution is 2.22. The average Bonchev–Trinajstić information content (AvgIpc) is 3.00. The van der Waals surface area contributed by atoms with Crippen LogP contribution in [0.3, 0.4) is 0 Å². The molecule has 2 aromatic rings. The van der Waals surface area contributed by atoms with Crippen molar-refractivity contribution in [3.05, 3.63) is 42.1 Å². The van der Waals surface area contributed by atoms with E-state index in [-0.39, 0.29) is 43.0 Å². The summed E-state index contributed by atoms with van der Waals surface area (Å²) in [6, 6.07) is 9.18. The van der Waals surface area contributed by atoms with Crippen LogP contribution in [0.4, 0.5) is 4.79 Å². The van der Waals surface area contributed by atoms with Crippen LogP contribution in [0.5, 0.6) is 5.88 Å². The number of piperazine rings is 1. The summed E-state index contributed by atoms with van der Waals surface area (Å²) in [5.41, 5.74) is 0.613. The molecule has 1 aromatic carbocycles. The van der Waals surface area contributed by atoms with Crippen LogP contribution in [0.1, 0.15) is 43.1 Å². The van der Waals surface area contributed by atoms with Crippen molar-refractivity contribution in [1.82, 2.24) is 25.5 Å². The maximum atomic E-state index is 13.4. The Bertz CT molecular complexity index is 1200. The van der Waals surface area contributed by atoms with E-state index in [1.165, 1.54) is 11.0 Å². The van der Waals surface area contributed by atoms with Crippen molar-refractivity contribution in [3.8, 4) is 17.3 Å². The molecule has 0 saturated carbocycles. The van der Waals surface area contributed by atoms with E-state index < -0.39 is 30.0 Å². The van der Waals surface area contributed by atoms with E-state index in [9.17, 15) is 19.2 Å². The van der Waals surface area contributed by atoms with Gasteiger partial charge in [-0.2, -0.15) is 4.98 Å². The first-order chi connectivity index (χ1) is 19.9. The first kappa shape index (κ1) is 29.9. The van der Waals surface area contributed by atoms with Gasteiger partial charge in [0.1, 0.15) is 17.8 Å². The van der Waals surface area contributed by atoms with Crippen molar-refractivity contribution in [1.29, 1.82) is 0 Å². The summed E-state index contributed by atoms with van der Waals surface area (Å²) in [5.74, 6) is -1.78. The molecule has 2 aliphatic heterocycles. The molecule has 2 saturated heterocycles. The third-order valence-corrected chi connectivity index (χ3v) is 6.52. The molecule has 0 spiro atoms. The monoisotopic (exact) mass is 569 g/mol. The lowest BCUT2D eigenvalue weighted by molar-refractivity contribution is -0.144. The van der Waals surface area contributed by atoms with Crippen molar-refractivity contribution >= 4 is 23.9 Å². The average molecular weight is 570 g/mol. The summed E-state index contributed by atoms with van der Waals surface area (Å²) in [7, 11) is 0. The zero-order chi connectivity index (χ0) is 29.0. The number of ether oxygens (including phenoxy) is 4. The molecule has 2 fully saturated rings. The van der Waals surface area contributed by atoms with Gasteiger partial charge >= 0.3 is 18.0 Å². The van der Waals surface area contributed by atoms with Crippen molar-refractivity contribution in [2.24, 2.45) is 0 Å². The summed E-state index contributed by atoms with van der Waals surface area (Å²) in [5, 5.41) is 5.69. The van der Waals surface area contributed by atoms with Crippen molar-refractivity contribution in [2.75, 3.05) is 46.0 Å². The number of carbonyl (C=O) groups is 4. The number of hydrogen-bond donors (Lipinski definition) is 2. The SMILES string of the molecule is CCOC(=O)CCC(NC(=O)c1cc(OC2CCOCC2)nc(-c2ccccc2)n1)C(=O)OC(=O)N1CCNCC1. The van der Waals surface area contributed by atoms with E-state index in [4.69, 9.17) is 18.9 Å². The number of amides is 2. The number of rotatable bonds is 10. The van der Waals surface area contributed by atoms with Gasteiger partial charge in [-0.25, -0.2) is 14.6 Å². The second kappa shape index (κ2) is 15.1. The van der Waals surface area contributed by atoms with E-state index in [0.29, 0.717) is 57.8 Å². The fourth-order valence-electron chi connectivity index (χ4n) is 4.33. The molecule has 0 aliphatic carbocycles. The second-order valence-electron chi connectivity index (χ2n) is 9.50. The van der Waals surface area contributed by atoms with Crippen LogP contribution < -0.4 is 15.4 Å². The number of benzene rings is 1. The van der Waals surface area contributed by atoms with E-state index in [2.05, 4.69) is 20.6 Å². The molecule has 13 heteroatoms. The van der Waals surface area contributed by atoms with Gasteiger partial charge in [0.2, 0.25) is 5.88 Å².